The van der Waals surface area contributed by atoms with Crippen molar-refractivity contribution >= 4 is 0 Å². The van der Waals surface area contributed by atoms with Gasteiger partial charge in [-0.05, 0) is 27.8 Å². The Kier molecular flexibility index (Phi) is 4.29. The van der Waals surface area contributed by atoms with E-state index in [0.717, 1.165) is 6.54 Å². The van der Waals surface area contributed by atoms with Crippen LogP contribution in [0.2, 0.25) is 0 Å². The van der Waals surface area contributed by atoms with E-state index in [1.807, 2.05) is 17.9 Å². The number of aliphatic hydroxyl groups excluding tert-OH is 1. The first kappa shape index (κ1) is 12.2. The highest BCUT2D eigenvalue weighted by atomic mass is 16.3. The van der Waals surface area contributed by atoms with Crippen molar-refractivity contribution in [2.45, 2.75) is 39.5 Å². The second-order valence-corrected chi connectivity index (χ2v) is 4.47. The normalized spacial score (nSPS) is 13.8. The Morgan fingerprint density at radius 2 is 2.13 bits per heavy atom. The van der Waals surface area contributed by atoms with Crippen molar-refractivity contribution < 1.29 is 5.11 Å². The summed E-state index contributed by atoms with van der Waals surface area (Å²) >= 11 is 0. The Hall–Kier alpha value is -0.870. The first-order valence-corrected chi connectivity index (χ1v) is 5.38. The van der Waals surface area contributed by atoms with Crippen molar-refractivity contribution in [1.29, 1.82) is 0 Å². The minimum Gasteiger partial charge on any atom is -0.392 e. The molecule has 86 valence electrons. The standard InChI is InChI=1S/C11H21N3O/c1-9(2)14-8-11(5-12-14)7-13(4)6-10(3)15/h5,8-10,15H,6-7H2,1-4H3. The molecule has 0 saturated heterocycles. The smallest absolute Gasteiger partial charge is 0.0639 e. The summed E-state index contributed by atoms with van der Waals surface area (Å²) in [4.78, 5) is 2.09. The van der Waals surface area contributed by atoms with Gasteiger partial charge in [-0.2, -0.15) is 5.10 Å². The van der Waals surface area contributed by atoms with Crippen LogP contribution in [0.15, 0.2) is 12.4 Å². The molecule has 1 aromatic rings. The Morgan fingerprint density at radius 3 is 2.60 bits per heavy atom. The molecule has 1 heterocycles. The molecule has 1 N–H and O–H groups in total. The van der Waals surface area contributed by atoms with Crippen molar-refractivity contribution in [2.24, 2.45) is 0 Å². The van der Waals surface area contributed by atoms with Gasteiger partial charge in [0.25, 0.3) is 0 Å². The minimum atomic E-state index is -0.282. The molecule has 0 aliphatic rings. The van der Waals surface area contributed by atoms with E-state index < -0.39 is 0 Å². The van der Waals surface area contributed by atoms with Crippen LogP contribution in [0.5, 0.6) is 0 Å². The van der Waals surface area contributed by atoms with E-state index in [4.69, 9.17) is 0 Å². The Labute approximate surface area is 91.5 Å². The zero-order valence-corrected chi connectivity index (χ0v) is 10.0. The third-order valence-electron chi connectivity index (χ3n) is 2.21. The fourth-order valence-electron chi connectivity index (χ4n) is 1.57. The van der Waals surface area contributed by atoms with Gasteiger partial charge in [-0.15, -0.1) is 0 Å². The van der Waals surface area contributed by atoms with Crippen LogP contribution < -0.4 is 0 Å². The van der Waals surface area contributed by atoms with Crippen LogP contribution >= 0.6 is 0 Å². The van der Waals surface area contributed by atoms with Crippen molar-refractivity contribution in [1.82, 2.24) is 14.7 Å². The maximum Gasteiger partial charge on any atom is 0.0639 e. The van der Waals surface area contributed by atoms with E-state index in [1.54, 1.807) is 6.92 Å². The molecule has 0 aromatic carbocycles. The molecule has 0 fully saturated rings. The average Bonchev–Trinajstić information content (AvgIpc) is 2.50. The van der Waals surface area contributed by atoms with Gasteiger partial charge in [0.2, 0.25) is 0 Å². The zero-order valence-electron chi connectivity index (χ0n) is 10.0. The lowest BCUT2D eigenvalue weighted by Crippen LogP contribution is -2.26. The predicted octanol–water partition coefficient (Wildman–Crippen LogP) is 1.28. The van der Waals surface area contributed by atoms with Crippen molar-refractivity contribution in [3.05, 3.63) is 18.0 Å². The number of likely N-dealkylation sites (N-methyl/N-ethyl adjacent to an activating group) is 1. The number of rotatable bonds is 5. The molecule has 0 aliphatic heterocycles. The van der Waals surface area contributed by atoms with Gasteiger partial charge in [0.15, 0.2) is 0 Å². The zero-order chi connectivity index (χ0) is 11.4. The van der Waals surface area contributed by atoms with E-state index in [-0.39, 0.29) is 6.10 Å². The first-order chi connectivity index (χ1) is 6.99. The van der Waals surface area contributed by atoms with E-state index >= 15 is 0 Å². The molecule has 1 rings (SSSR count). The predicted molar refractivity (Wildman–Crippen MR) is 60.6 cm³/mol. The van der Waals surface area contributed by atoms with Gasteiger partial charge in [0, 0.05) is 30.9 Å². The van der Waals surface area contributed by atoms with Crippen molar-refractivity contribution in [3.63, 3.8) is 0 Å². The third kappa shape index (κ3) is 4.01. The lowest BCUT2D eigenvalue weighted by atomic mass is 10.3. The monoisotopic (exact) mass is 211 g/mol. The lowest BCUT2D eigenvalue weighted by Gasteiger charge is -2.17. The van der Waals surface area contributed by atoms with Crippen molar-refractivity contribution in [3.8, 4) is 0 Å². The van der Waals surface area contributed by atoms with Gasteiger partial charge in [-0.3, -0.25) is 9.58 Å². The molecule has 0 aliphatic carbocycles. The van der Waals surface area contributed by atoms with Gasteiger partial charge in [0.05, 0.1) is 12.3 Å². The van der Waals surface area contributed by atoms with Crippen LogP contribution in [-0.4, -0.2) is 39.5 Å². The highest BCUT2D eigenvalue weighted by molar-refractivity contribution is 5.03. The molecular weight excluding hydrogens is 190 g/mol. The summed E-state index contributed by atoms with van der Waals surface area (Å²) in [5, 5.41) is 13.5. The Bertz CT molecular complexity index is 294. The summed E-state index contributed by atoms with van der Waals surface area (Å²) in [5.41, 5.74) is 1.19. The summed E-state index contributed by atoms with van der Waals surface area (Å²) in [5.74, 6) is 0. The summed E-state index contributed by atoms with van der Waals surface area (Å²) in [6.45, 7) is 7.53. The first-order valence-electron chi connectivity index (χ1n) is 5.38. The molecule has 0 amide bonds. The van der Waals surface area contributed by atoms with E-state index in [2.05, 4.69) is 30.0 Å². The summed E-state index contributed by atoms with van der Waals surface area (Å²) in [6, 6.07) is 0.404. The average molecular weight is 211 g/mol. The molecule has 0 bridgehead atoms. The highest BCUT2D eigenvalue weighted by Gasteiger charge is 2.06. The fraction of sp³-hybridized carbons (Fsp3) is 0.727. The highest BCUT2D eigenvalue weighted by Crippen LogP contribution is 2.07. The van der Waals surface area contributed by atoms with E-state index in [0.29, 0.717) is 12.6 Å². The van der Waals surface area contributed by atoms with Crippen LogP contribution in [0.25, 0.3) is 0 Å². The maximum atomic E-state index is 9.23. The van der Waals surface area contributed by atoms with Crippen molar-refractivity contribution in [2.75, 3.05) is 13.6 Å². The van der Waals surface area contributed by atoms with Gasteiger partial charge in [-0.1, -0.05) is 0 Å². The SMILES string of the molecule is CC(O)CN(C)Cc1cnn(C(C)C)c1. The molecule has 0 saturated carbocycles. The molecule has 4 nitrogen and oxygen atoms in total. The van der Waals surface area contributed by atoms with Crippen LogP contribution in [0, 0.1) is 0 Å². The lowest BCUT2D eigenvalue weighted by molar-refractivity contribution is 0.138. The van der Waals surface area contributed by atoms with Crippen LogP contribution in [0.1, 0.15) is 32.4 Å². The Morgan fingerprint density at radius 1 is 1.47 bits per heavy atom. The summed E-state index contributed by atoms with van der Waals surface area (Å²) in [7, 11) is 2.00. The second-order valence-electron chi connectivity index (χ2n) is 4.47. The minimum absolute atomic E-state index is 0.282. The molecule has 4 heteroatoms. The number of hydrogen-bond donors (Lipinski definition) is 1. The fourth-order valence-corrected chi connectivity index (χ4v) is 1.57. The van der Waals surface area contributed by atoms with Gasteiger partial charge in [0.1, 0.15) is 0 Å². The number of hydrogen-bond acceptors (Lipinski definition) is 3. The largest absolute Gasteiger partial charge is 0.392 e. The van der Waals surface area contributed by atoms with Crippen LogP contribution in [0.3, 0.4) is 0 Å². The molecule has 1 aromatic heterocycles. The quantitative estimate of drug-likeness (QED) is 0.797. The number of aromatic nitrogens is 2. The van der Waals surface area contributed by atoms with Gasteiger partial charge < -0.3 is 5.11 Å². The molecule has 0 radical (unpaired) electrons. The molecule has 0 spiro atoms. The van der Waals surface area contributed by atoms with Crippen LogP contribution in [0.4, 0.5) is 0 Å². The second kappa shape index (κ2) is 5.28. The summed E-state index contributed by atoms with van der Waals surface area (Å²) in [6.07, 6.45) is 3.66. The third-order valence-corrected chi connectivity index (χ3v) is 2.21. The molecule has 15 heavy (non-hydrogen) atoms. The van der Waals surface area contributed by atoms with Gasteiger partial charge >= 0.3 is 0 Å². The number of nitrogens with zero attached hydrogens (tertiary/aromatic N) is 3. The Balaban J connectivity index is 2.49. The maximum absolute atomic E-state index is 9.23. The van der Waals surface area contributed by atoms with Gasteiger partial charge in [-0.25, -0.2) is 0 Å². The van der Waals surface area contributed by atoms with E-state index in [9.17, 15) is 5.11 Å². The summed E-state index contributed by atoms with van der Waals surface area (Å²) < 4.78 is 1.95. The van der Waals surface area contributed by atoms with E-state index in [1.165, 1.54) is 5.56 Å². The number of aliphatic hydroxyl groups is 1. The topological polar surface area (TPSA) is 41.3 Å². The molecule has 1 unspecified atom stereocenters. The molecular formula is C11H21N3O. The van der Waals surface area contributed by atoms with Crippen LogP contribution in [-0.2, 0) is 6.54 Å². The molecule has 1 atom stereocenters.